The Hall–Kier alpha value is -4.91. The topological polar surface area (TPSA) is 82.3 Å². The van der Waals surface area contributed by atoms with Crippen LogP contribution in [0.3, 0.4) is 0 Å². The number of hydrogen-bond donors (Lipinski definition) is 0. The minimum absolute atomic E-state index is 0.248. The molecular weight excluding hydrogens is 562 g/mol. The average Bonchev–Trinajstić information content (AvgIpc) is 3.35. The van der Waals surface area contributed by atoms with E-state index in [1.165, 1.54) is 0 Å². The van der Waals surface area contributed by atoms with Crippen LogP contribution in [-0.2, 0) is 6.61 Å². The molecule has 194 valence electrons. The molecule has 0 radical (unpaired) electrons. The van der Waals surface area contributed by atoms with E-state index in [2.05, 4.69) is 33.1 Å². The molecule has 0 aliphatic rings. The fourth-order valence-corrected chi connectivity index (χ4v) is 4.79. The number of aryl methyl sites for hydroxylation is 2. The molecule has 5 nitrogen and oxygen atoms in total. The van der Waals surface area contributed by atoms with E-state index in [4.69, 9.17) is 9.15 Å². The molecule has 6 heteroatoms. The van der Waals surface area contributed by atoms with Gasteiger partial charge in [-0.05, 0) is 65.2 Å². The van der Waals surface area contributed by atoms with E-state index in [0.717, 1.165) is 43.4 Å². The fourth-order valence-electron chi connectivity index (χ4n) is 4.28. The van der Waals surface area contributed by atoms with Crippen molar-refractivity contribution in [1.29, 1.82) is 10.5 Å². The van der Waals surface area contributed by atoms with Crippen LogP contribution in [0.2, 0.25) is 0 Å². The zero-order chi connectivity index (χ0) is 28.1. The molecule has 0 aliphatic carbocycles. The number of furan rings is 1. The molecule has 0 aliphatic heterocycles. The summed E-state index contributed by atoms with van der Waals surface area (Å²) in [7, 11) is 0. The van der Waals surface area contributed by atoms with Crippen molar-refractivity contribution in [2.75, 3.05) is 0 Å². The van der Waals surface area contributed by atoms with Gasteiger partial charge >= 0.3 is 0 Å². The lowest BCUT2D eigenvalue weighted by Crippen LogP contribution is -1.99. The van der Waals surface area contributed by atoms with Crippen LogP contribution < -0.4 is 4.74 Å². The Balaban J connectivity index is 1.46. The molecule has 1 aromatic heterocycles. The number of hydrogen-bond acceptors (Lipinski definition) is 5. The molecule has 5 rings (SSSR count). The van der Waals surface area contributed by atoms with Crippen molar-refractivity contribution in [3.8, 4) is 40.3 Å². The number of ether oxygens (including phenoxy) is 1. The lowest BCUT2D eigenvalue weighted by Gasteiger charge is -2.09. The summed E-state index contributed by atoms with van der Waals surface area (Å²) in [6.45, 7) is 4.33. The molecule has 0 bridgehead atoms. The zero-order valence-electron chi connectivity index (χ0n) is 22.0. The van der Waals surface area contributed by atoms with Crippen LogP contribution >= 0.6 is 15.9 Å². The van der Waals surface area contributed by atoms with Crippen molar-refractivity contribution >= 4 is 28.0 Å². The van der Waals surface area contributed by atoms with Gasteiger partial charge in [-0.3, -0.25) is 0 Å². The summed E-state index contributed by atoms with van der Waals surface area (Å²) in [5, 5.41) is 19.5. The third kappa shape index (κ3) is 5.73. The predicted molar refractivity (Wildman–Crippen MR) is 161 cm³/mol. The van der Waals surface area contributed by atoms with Crippen molar-refractivity contribution in [3.63, 3.8) is 0 Å². The fraction of sp³-hybridized carbons (Fsp3) is 0.0882. The van der Waals surface area contributed by atoms with Gasteiger partial charge in [0.25, 0.3) is 0 Å². The molecule has 0 fully saturated rings. The molecule has 1 heterocycles. The molecule has 0 saturated carbocycles. The van der Waals surface area contributed by atoms with Crippen molar-refractivity contribution < 1.29 is 9.15 Å². The van der Waals surface area contributed by atoms with E-state index < -0.39 is 0 Å². The first-order valence-electron chi connectivity index (χ1n) is 12.6. The number of benzene rings is 4. The average molecular weight is 586 g/mol. The SMILES string of the molecule is Cc1ccc(-c2oc(N=Cc3ccc(OCc4ccccc4C#N)c(Br)c3)c(C#N)c2-c2ccc(C)cc2)cc1. The van der Waals surface area contributed by atoms with Crippen molar-refractivity contribution in [3.05, 3.63) is 129 Å². The highest BCUT2D eigenvalue weighted by Crippen LogP contribution is 2.42. The third-order valence-electron chi connectivity index (χ3n) is 6.46. The molecule has 0 saturated heterocycles. The Kier molecular flexibility index (Phi) is 7.92. The number of halogens is 1. The second-order valence-electron chi connectivity index (χ2n) is 9.34. The summed E-state index contributed by atoms with van der Waals surface area (Å²) in [6.07, 6.45) is 1.66. The highest BCUT2D eigenvalue weighted by Gasteiger charge is 2.22. The largest absolute Gasteiger partial charge is 0.488 e. The lowest BCUT2D eigenvalue weighted by molar-refractivity contribution is 0.304. The summed E-state index contributed by atoms with van der Waals surface area (Å²) >= 11 is 3.57. The molecule has 40 heavy (non-hydrogen) atoms. The van der Waals surface area contributed by atoms with Crippen molar-refractivity contribution in [1.82, 2.24) is 0 Å². The van der Waals surface area contributed by atoms with E-state index in [1.54, 1.807) is 12.3 Å². The standard InChI is InChI=1S/C34H24BrN3O2/c1-22-7-12-25(13-8-22)32-29(19-37)34(40-33(32)26-14-9-23(2)10-15-26)38-20-24-11-16-31(30(35)17-24)39-21-28-6-4-3-5-27(28)18-36/h3-17,20H,21H2,1-2H3. The Morgan fingerprint density at radius 3 is 2.17 bits per heavy atom. The van der Waals surface area contributed by atoms with E-state index in [1.807, 2.05) is 98.8 Å². The summed E-state index contributed by atoms with van der Waals surface area (Å²) in [5.74, 6) is 1.50. The van der Waals surface area contributed by atoms with Gasteiger partial charge in [-0.1, -0.05) is 77.9 Å². The van der Waals surface area contributed by atoms with Crippen LogP contribution in [0.4, 0.5) is 5.88 Å². The van der Waals surface area contributed by atoms with Crippen molar-refractivity contribution in [2.24, 2.45) is 4.99 Å². The summed E-state index contributed by atoms with van der Waals surface area (Å²) in [6, 6.07) is 33.5. The normalized spacial score (nSPS) is 10.8. The van der Waals surface area contributed by atoms with Crippen LogP contribution in [-0.4, -0.2) is 6.21 Å². The number of rotatable bonds is 7. The Morgan fingerprint density at radius 1 is 0.850 bits per heavy atom. The summed E-state index contributed by atoms with van der Waals surface area (Å²) in [4.78, 5) is 4.59. The first-order chi connectivity index (χ1) is 19.5. The van der Waals surface area contributed by atoms with Crippen molar-refractivity contribution in [2.45, 2.75) is 20.5 Å². The second-order valence-corrected chi connectivity index (χ2v) is 10.2. The smallest absolute Gasteiger partial charge is 0.238 e. The zero-order valence-corrected chi connectivity index (χ0v) is 23.6. The van der Waals surface area contributed by atoms with E-state index in [-0.39, 0.29) is 12.5 Å². The summed E-state index contributed by atoms with van der Waals surface area (Å²) in [5.41, 5.74) is 7.35. The van der Waals surface area contributed by atoms with Crippen LogP contribution in [0.25, 0.3) is 22.5 Å². The molecule has 4 aromatic carbocycles. The second kappa shape index (κ2) is 11.9. The minimum atomic E-state index is 0.248. The third-order valence-corrected chi connectivity index (χ3v) is 7.08. The minimum Gasteiger partial charge on any atom is -0.488 e. The van der Waals surface area contributed by atoms with E-state index >= 15 is 0 Å². The van der Waals surface area contributed by atoms with Gasteiger partial charge in [0.1, 0.15) is 29.7 Å². The van der Waals surface area contributed by atoms with Crippen LogP contribution in [0, 0.1) is 36.5 Å². The quantitative estimate of drug-likeness (QED) is 0.178. The maximum absolute atomic E-state index is 10.2. The predicted octanol–water partition coefficient (Wildman–Crippen LogP) is 9.07. The van der Waals surface area contributed by atoms with Gasteiger partial charge in [0.15, 0.2) is 0 Å². The van der Waals surface area contributed by atoms with Gasteiger partial charge in [-0.25, -0.2) is 4.99 Å². The molecule has 0 spiro atoms. The van der Waals surface area contributed by atoms with Crippen LogP contribution in [0.5, 0.6) is 5.75 Å². The molecule has 0 atom stereocenters. The van der Waals surface area contributed by atoms with Gasteiger partial charge in [0.2, 0.25) is 5.88 Å². The van der Waals surface area contributed by atoms with Gasteiger partial charge in [-0.15, -0.1) is 0 Å². The lowest BCUT2D eigenvalue weighted by atomic mass is 9.97. The maximum Gasteiger partial charge on any atom is 0.238 e. The number of nitrogens with zero attached hydrogens (tertiary/aromatic N) is 3. The number of aliphatic imine (C=N–C) groups is 1. The van der Waals surface area contributed by atoms with Gasteiger partial charge in [0.05, 0.1) is 16.1 Å². The first-order valence-corrected chi connectivity index (χ1v) is 13.4. The van der Waals surface area contributed by atoms with E-state index in [0.29, 0.717) is 22.6 Å². The Bertz CT molecular complexity index is 1790. The van der Waals surface area contributed by atoms with Crippen LogP contribution in [0.15, 0.2) is 105 Å². The van der Waals surface area contributed by atoms with Gasteiger partial charge in [-0.2, -0.15) is 10.5 Å². The van der Waals surface area contributed by atoms with Gasteiger partial charge in [0, 0.05) is 22.9 Å². The molecular formula is C34H24BrN3O2. The van der Waals surface area contributed by atoms with E-state index in [9.17, 15) is 10.5 Å². The molecule has 0 amide bonds. The molecule has 5 aromatic rings. The maximum atomic E-state index is 10.2. The molecule has 0 N–H and O–H groups in total. The summed E-state index contributed by atoms with van der Waals surface area (Å²) < 4.78 is 12.9. The van der Waals surface area contributed by atoms with Crippen LogP contribution in [0.1, 0.15) is 33.4 Å². The number of nitriles is 2. The monoisotopic (exact) mass is 585 g/mol. The Labute approximate surface area is 241 Å². The molecule has 0 unspecified atom stereocenters. The van der Waals surface area contributed by atoms with Gasteiger partial charge < -0.3 is 9.15 Å². The highest BCUT2D eigenvalue weighted by molar-refractivity contribution is 9.10. The highest BCUT2D eigenvalue weighted by atomic mass is 79.9. The first kappa shape index (κ1) is 26.7. The Morgan fingerprint density at radius 2 is 1.52 bits per heavy atom.